The number of carbonyl (C=O) groups excluding carboxylic acids is 1. The predicted molar refractivity (Wildman–Crippen MR) is 154 cm³/mol. The number of thiophene rings is 1. The number of halogens is 2. The summed E-state index contributed by atoms with van der Waals surface area (Å²) in [6.45, 7) is 11.2. The van der Waals surface area contributed by atoms with Gasteiger partial charge in [-0.15, -0.1) is 21.5 Å². The number of amides is 1. The number of anilines is 1. The minimum absolute atomic E-state index is 0.121. The fourth-order valence-corrected chi connectivity index (χ4v) is 7.17. The fourth-order valence-electron chi connectivity index (χ4n) is 4.86. The Morgan fingerprint density at radius 2 is 2.18 bits per heavy atom. The lowest BCUT2D eigenvalue weighted by atomic mass is 9.69. The second kappa shape index (κ2) is 12.3. The third-order valence-corrected chi connectivity index (χ3v) is 10.0. The lowest BCUT2D eigenvalue weighted by Crippen LogP contribution is -2.28. The summed E-state index contributed by atoms with van der Waals surface area (Å²) >= 11 is 8.91. The highest BCUT2D eigenvalue weighted by Gasteiger charge is 2.34. The molecule has 7 nitrogen and oxygen atoms in total. The summed E-state index contributed by atoms with van der Waals surface area (Å²) in [6.07, 6.45) is 3.50. The van der Waals surface area contributed by atoms with Gasteiger partial charge in [0, 0.05) is 11.4 Å². The van der Waals surface area contributed by atoms with Crippen molar-refractivity contribution in [1.82, 2.24) is 14.8 Å². The molecule has 0 spiro atoms. The van der Waals surface area contributed by atoms with Crippen LogP contribution < -0.4 is 10.1 Å². The number of rotatable bonds is 10. The lowest BCUT2D eigenvalue weighted by Gasteiger charge is -2.36. The standard InChI is InChI=1S/C28H33ClFN5O2S2/c1-6-28(4,5)17-8-10-19-20(14-31)26(39-23(19)12-17)32-24(36)15-38-27-34-33-25(35(27)7-2)16(3)37-22-11-9-18(30)13-21(22)29/h9,11,13,16-17H,6-8,10,12,15H2,1-5H3,(H,32,36). The van der Waals surface area contributed by atoms with Gasteiger partial charge >= 0.3 is 0 Å². The first-order chi connectivity index (χ1) is 18.6. The van der Waals surface area contributed by atoms with Crippen molar-refractivity contribution in [2.24, 2.45) is 11.3 Å². The van der Waals surface area contributed by atoms with E-state index in [4.69, 9.17) is 16.3 Å². The molecule has 3 aromatic rings. The number of hydrogen-bond donors (Lipinski definition) is 1. The number of nitriles is 1. The summed E-state index contributed by atoms with van der Waals surface area (Å²) < 4.78 is 21.2. The van der Waals surface area contributed by atoms with Gasteiger partial charge < -0.3 is 14.6 Å². The van der Waals surface area contributed by atoms with Crippen LogP contribution in [0.1, 0.15) is 75.4 Å². The number of benzene rings is 1. The highest BCUT2D eigenvalue weighted by Crippen LogP contribution is 2.45. The molecule has 2 atom stereocenters. The molecule has 0 fully saturated rings. The summed E-state index contributed by atoms with van der Waals surface area (Å²) in [5.41, 5.74) is 1.95. The van der Waals surface area contributed by atoms with E-state index in [1.54, 1.807) is 0 Å². The molecule has 208 valence electrons. The molecule has 2 heterocycles. The molecule has 2 aromatic heterocycles. The molecule has 1 aromatic carbocycles. The monoisotopic (exact) mass is 589 g/mol. The zero-order valence-corrected chi connectivity index (χ0v) is 25.2. The summed E-state index contributed by atoms with van der Waals surface area (Å²) in [4.78, 5) is 14.1. The van der Waals surface area contributed by atoms with Crippen LogP contribution in [0.2, 0.25) is 5.02 Å². The Bertz CT molecular complexity index is 1400. The molecule has 1 aliphatic carbocycles. The van der Waals surface area contributed by atoms with E-state index in [1.165, 1.54) is 46.2 Å². The number of hydrogen-bond acceptors (Lipinski definition) is 7. The molecule has 0 bridgehead atoms. The number of ether oxygens (including phenoxy) is 1. The quantitative estimate of drug-likeness (QED) is 0.247. The van der Waals surface area contributed by atoms with Crippen molar-refractivity contribution in [3.05, 3.63) is 50.9 Å². The molecule has 39 heavy (non-hydrogen) atoms. The van der Waals surface area contributed by atoms with Gasteiger partial charge in [0.05, 0.1) is 16.3 Å². The Balaban J connectivity index is 1.41. The average molecular weight is 590 g/mol. The van der Waals surface area contributed by atoms with Crippen LogP contribution >= 0.6 is 34.7 Å². The van der Waals surface area contributed by atoms with Crippen LogP contribution in [0.25, 0.3) is 0 Å². The van der Waals surface area contributed by atoms with Crippen molar-refractivity contribution in [1.29, 1.82) is 5.26 Å². The number of thioether (sulfide) groups is 1. The van der Waals surface area contributed by atoms with Gasteiger partial charge in [0.25, 0.3) is 0 Å². The lowest BCUT2D eigenvalue weighted by molar-refractivity contribution is -0.113. The molecule has 1 amide bonds. The van der Waals surface area contributed by atoms with E-state index < -0.39 is 11.9 Å². The maximum absolute atomic E-state index is 13.4. The number of fused-ring (bicyclic) bond motifs is 1. The van der Waals surface area contributed by atoms with Gasteiger partial charge in [-0.05, 0) is 68.2 Å². The second-order valence-corrected chi connectivity index (χ2v) is 12.8. The summed E-state index contributed by atoms with van der Waals surface area (Å²) in [5.74, 6) is 0.970. The van der Waals surface area contributed by atoms with Crippen molar-refractivity contribution < 1.29 is 13.9 Å². The van der Waals surface area contributed by atoms with Crippen molar-refractivity contribution in [2.75, 3.05) is 11.1 Å². The Kier molecular flexibility index (Phi) is 9.25. The van der Waals surface area contributed by atoms with Crippen LogP contribution in [0.15, 0.2) is 23.4 Å². The average Bonchev–Trinajstić information content (AvgIpc) is 3.48. The smallest absolute Gasteiger partial charge is 0.235 e. The van der Waals surface area contributed by atoms with E-state index >= 15 is 0 Å². The highest BCUT2D eigenvalue weighted by molar-refractivity contribution is 7.99. The number of nitrogens with zero attached hydrogens (tertiary/aromatic N) is 4. The zero-order chi connectivity index (χ0) is 28.3. The summed E-state index contributed by atoms with van der Waals surface area (Å²) in [6, 6.07) is 6.28. The highest BCUT2D eigenvalue weighted by atomic mass is 35.5. The minimum Gasteiger partial charge on any atom is -0.481 e. The number of aromatic nitrogens is 3. The van der Waals surface area contributed by atoms with E-state index in [2.05, 4.69) is 42.4 Å². The molecule has 0 saturated heterocycles. The van der Waals surface area contributed by atoms with Crippen LogP contribution in [-0.4, -0.2) is 26.4 Å². The van der Waals surface area contributed by atoms with Crippen LogP contribution in [0.5, 0.6) is 5.75 Å². The van der Waals surface area contributed by atoms with E-state index in [-0.39, 0.29) is 22.1 Å². The first-order valence-corrected chi connectivity index (χ1v) is 15.3. The van der Waals surface area contributed by atoms with Crippen LogP contribution in [0, 0.1) is 28.5 Å². The Morgan fingerprint density at radius 1 is 1.41 bits per heavy atom. The van der Waals surface area contributed by atoms with Gasteiger partial charge in [0.2, 0.25) is 5.91 Å². The second-order valence-electron chi connectivity index (χ2n) is 10.4. The molecular formula is C28H33ClFN5O2S2. The SMILES string of the molecule is CCn1c(SCC(=O)Nc2sc3c(c2C#N)CCC(C(C)(C)CC)C3)nnc1C(C)Oc1ccc(F)cc1Cl. The van der Waals surface area contributed by atoms with Crippen LogP contribution in [0.4, 0.5) is 9.39 Å². The Morgan fingerprint density at radius 3 is 2.85 bits per heavy atom. The molecular weight excluding hydrogens is 557 g/mol. The van der Waals surface area contributed by atoms with Crippen LogP contribution in [-0.2, 0) is 24.2 Å². The minimum atomic E-state index is -0.499. The molecule has 1 aliphatic rings. The van der Waals surface area contributed by atoms with E-state index in [0.717, 1.165) is 31.2 Å². The van der Waals surface area contributed by atoms with E-state index in [9.17, 15) is 14.4 Å². The van der Waals surface area contributed by atoms with Gasteiger partial charge in [0.15, 0.2) is 17.1 Å². The van der Waals surface area contributed by atoms with Crippen LogP contribution in [0.3, 0.4) is 0 Å². The topological polar surface area (TPSA) is 92.8 Å². The molecule has 0 aliphatic heterocycles. The molecule has 0 radical (unpaired) electrons. The van der Waals surface area contributed by atoms with Gasteiger partial charge in [-0.25, -0.2) is 4.39 Å². The van der Waals surface area contributed by atoms with E-state index in [1.807, 2.05) is 18.4 Å². The normalized spacial score (nSPS) is 15.9. The van der Waals surface area contributed by atoms with Gasteiger partial charge in [-0.2, -0.15) is 5.26 Å². The molecule has 0 saturated carbocycles. The Labute approximate surface area is 242 Å². The number of carbonyl (C=O) groups is 1. The summed E-state index contributed by atoms with van der Waals surface area (Å²) in [5, 5.41) is 22.8. The third kappa shape index (κ3) is 6.42. The van der Waals surface area contributed by atoms with Crippen molar-refractivity contribution in [3.8, 4) is 11.8 Å². The van der Waals surface area contributed by atoms with Crippen molar-refractivity contribution >= 4 is 45.6 Å². The van der Waals surface area contributed by atoms with E-state index in [0.29, 0.717) is 39.8 Å². The van der Waals surface area contributed by atoms with Gasteiger partial charge in [0.1, 0.15) is 22.6 Å². The zero-order valence-electron chi connectivity index (χ0n) is 22.8. The maximum Gasteiger partial charge on any atom is 0.235 e. The molecule has 1 N–H and O–H groups in total. The van der Waals surface area contributed by atoms with Crippen molar-refractivity contribution in [3.63, 3.8) is 0 Å². The van der Waals surface area contributed by atoms with Gasteiger partial charge in [-0.3, -0.25) is 4.79 Å². The fraction of sp³-hybridized carbons (Fsp3) is 0.500. The first-order valence-electron chi connectivity index (χ1n) is 13.1. The maximum atomic E-state index is 13.4. The predicted octanol–water partition coefficient (Wildman–Crippen LogP) is 7.44. The van der Waals surface area contributed by atoms with Crippen molar-refractivity contribution in [2.45, 2.75) is 78.1 Å². The Hall–Kier alpha value is -2.61. The largest absolute Gasteiger partial charge is 0.481 e. The third-order valence-electron chi connectivity index (χ3n) is 7.60. The molecule has 2 unspecified atom stereocenters. The molecule has 4 rings (SSSR count). The molecule has 11 heteroatoms. The van der Waals surface area contributed by atoms with Gasteiger partial charge in [-0.1, -0.05) is 50.6 Å². The number of nitrogens with one attached hydrogen (secondary N) is 1. The summed E-state index contributed by atoms with van der Waals surface area (Å²) in [7, 11) is 0. The first kappa shape index (κ1) is 29.4.